The third-order valence-corrected chi connectivity index (χ3v) is 5.44. The van der Waals surface area contributed by atoms with E-state index < -0.39 is 0 Å². The number of amides is 1. The van der Waals surface area contributed by atoms with Gasteiger partial charge in [-0.25, -0.2) is 4.39 Å². The lowest BCUT2D eigenvalue weighted by atomic mass is 10.0. The first-order valence-corrected chi connectivity index (χ1v) is 9.95. The van der Waals surface area contributed by atoms with Gasteiger partial charge in [-0.05, 0) is 40.8 Å². The van der Waals surface area contributed by atoms with Crippen molar-refractivity contribution in [3.8, 4) is 0 Å². The van der Waals surface area contributed by atoms with Crippen LogP contribution >= 0.6 is 22.9 Å². The molecule has 2 aromatic carbocycles. The molecule has 0 aliphatic carbocycles. The second-order valence-electron chi connectivity index (χ2n) is 6.54. The van der Waals surface area contributed by atoms with Gasteiger partial charge in [-0.3, -0.25) is 4.79 Å². The van der Waals surface area contributed by atoms with E-state index in [1.807, 2.05) is 12.1 Å². The van der Waals surface area contributed by atoms with Crippen molar-refractivity contribution in [2.45, 2.75) is 26.3 Å². The maximum absolute atomic E-state index is 12.9. The van der Waals surface area contributed by atoms with Crippen molar-refractivity contribution in [1.29, 1.82) is 0 Å². The minimum atomic E-state index is -0.348. The highest BCUT2D eigenvalue weighted by Gasteiger charge is 2.14. The molecule has 0 radical (unpaired) electrons. The highest BCUT2D eigenvalue weighted by atomic mass is 35.5. The van der Waals surface area contributed by atoms with Gasteiger partial charge in [0.2, 0.25) is 5.01 Å². The quantitative estimate of drug-likeness (QED) is 0.581. The molecule has 0 aliphatic heterocycles. The SMILES string of the molecule is CC(C)c1ccc(/C=C(\Cl)c2nnc(C(=O)NCc3ccc(F)cc3)s2)cc1. The summed E-state index contributed by atoms with van der Waals surface area (Å²) in [6, 6.07) is 14.1. The van der Waals surface area contributed by atoms with Crippen LogP contribution in [-0.2, 0) is 6.54 Å². The maximum Gasteiger partial charge on any atom is 0.282 e. The van der Waals surface area contributed by atoms with Gasteiger partial charge in [0.15, 0.2) is 5.01 Å². The second-order valence-corrected chi connectivity index (χ2v) is 7.92. The fraction of sp³-hybridized carbons (Fsp3) is 0.190. The van der Waals surface area contributed by atoms with Gasteiger partial charge < -0.3 is 5.32 Å². The van der Waals surface area contributed by atoms with Crippen LogP contribution in [0.25, 0.3) is 11.1 Å². The average molecular weight is 416 g/mol. The zero-order chi connectivity index (χ0) is 20.1. The van der Waals surface area contributed by atoms with Crippen LogP contribution < -0.4 is 5.32 Å². The van der Waals surface area contributed by atoms with Crippen molar-refractivity contribution >= 4 is 40.0 Å². The number of carbonyl (C=O) groups excluding carboxylic acids is 1. The minimum Gasteiger partial charge on any atom is -0.346 e. The lowest BCUT2D eigenvalue weighted by Crippen LogP contribution is -2.22. The standard InChI is InChI=1S/C21H19ClFN3OS/c1-13(2)16-7-3-14(4-8-16)11-18(22)20-25-26-21(28-20)19(27)24-12-15-5-9-17(23)10-6-15/h3-11,13H,12H2,1-2H3,(H,24,27)/b18-11-. The summed E-state index contributed by atoms with van der Waals surface area (Å²) in [7, 11) is 0. The van der Waals surface area contributed by atoms with Crippen molar-refractivity contribution in [2.24, 2.45) is 0 Å². The topological polar surface area (TPSA) is 54.9 Å². The Morgan fingerprint density at radius 1 is 1.11 bits per heavy atom. The number of aromatic nitrogens is 2. The Kier molecular flexibility index (Phi) is 6.54. The summed E-state index contributed by atoms with van der Waals surface area (Å²) >= 11 is 7.47. The molecule has 0 aliphatic rings. The smallest absolute Gasteiger partial charge is 0.282 e. The molecule has 1 heterocycles. The van der Waals surface area contributed by atoms with Gasteiger partial charge >= 0.3 is 0 Å². The summed E-state index contributed by atoms with van der Waals surface area (Å²) in [4.78, 5) is 12.2. The number of carbonyl (C=O) groups is 1. The molecule has 0 spiro atoms. The van der Waals surface area contributed by atoms with E-state index in [9.17, 15) is 9.18 Å². The first-order valence-electron chi connectivity index (χ1n) is 8.76. The zero-order valence-corrected chi connectivity index (χ0v) is 17.0. The molecule has 28 heavy (non-hydrogen) atoms. The largest absolute Gasteiger partial charge is 0.346 e. The van der Waals surface area contributed by atoms with Crippen LogP contribution in [0.4, 0.5) is 4.39 Å². The fourth-order valence-corrected chi connectivity index (χ4v) is 3.40. The van der Waals surface area contributed by atoms with E-state index in [1.165, 1.54) is 17.7 Å². The summed E-state index contributed by atoms with van der Waals surface area (Å²) in [5, 5.41) is 11.8. The molecule has 0 saturated heterocycles. The molecule has 1 N–H and O–H groups in total. The average Bonchev–Trinajstić information content (AvgIpc) is 3.18. The van der Waals surface area contributed by atoms with E-state index in [-0.39, 0.29) is 23.3 Å². The molecule has 7 heteroatoms. The summed E-state index contributed by atoms with van der Waals surface area (Å²) < 4.78 is 12.9. The molecule has 0 bridgehead atoms. The monoisotopic (exact) mass is 415 g/mol. The van der Waals surface area contributed by atoms with Crippen molar-refractivity contribution in [3.05, 3.63) is 81.1 Å². The molecule has 4 nitrogen and oxygen atoms in total. The van der Waals surface area contributed by atoms with Crippen LogP contribution in [0.15, 0.2) is 48.5 Å². The Balaban J connectivity index is 1.64. The summed E-state index contributed by atoms with van der Waals surface area (Å²) in [6.45, 7) is 4.56. The molecule has 0 atom stereocenters. The number of hydrogen-bond acceptors (Lipinski definition) is 4. The summed E-state index contributed by atoms with van der Waals surface area (Å²) in [5.41, 5.74) is 3.00. The van der Waals surface area contributed by atoms with Crippen molar-refractivity contribution in [3.63, 3.8) is 0 Å². The van der Waals surface area contributed by atoms with Gasteiger partial charge in [-0.1, -0.05) is 73.2 Å². The molecular weight excluding hydrogens is 397 g/mol. The van der Waals surface area contributed by atoms with Gasteiger partial charge in [0.05, 0.1) is 5.03 Å². The third kappa shape index (κ3) is 5.24. The van der Waals surface area contributed by atoms with Crippen LogP contribution in [-0.4, -0.2) is 16.1 Å². The molecule has 0 saturated carbocycles. The second kappa shape index (κ2) is 9.08. The Hall–Kier alpha value is -2.57. The molecular formula is C21H19ClFN3OS. The molecule has 0 fully saturated rings. The third-order valence-electron chi connectivity index (χ3n) is 4.09. The van der Waals surface area contributed by atoms with Crippen molar-refractivity contribution in [2.75, 3.05) is 0 Å². The zero-order valence-electron chi connectivity index (χ0n) is 15.4. The minimum absolute atomic E-state index is 0.221. The van der Waals surface area contributed by atoms with Crippen LogP contribution in [0.3, 0.4) is 0 Å². The first kappa shape index (κ1) is 20.2. The lowest BCUT2D eigenvalue weighted by Gasteiger charge is -2.04. The number of rotatable bonds is 6. The van der Waals surface area contributed by atoms with Crippen LogP contribution in [0.1, 0.15) is 51.3 Å². The van der Waals surface area contributed by atoms with Gasteiger partial charge in [0.1, 0.15) is 5.82 Å². The van der Waals surface area contributed by atoms with Crippen molar-refractivity contribution in [1.82, 2.24) is 15.5 Å². The lowest BCUT2D eigenvalue weighted by molar-refractivity contribution is 0.0950. The van der Waals surface area contributed by atoms with Crippen LogP contribution in [0.5, 0.6) is 0 Å². The van der Waals surface area contributed by atoms with Crippen LogP contribution in [0.2, 0.25) is 0 Å². The molecule has 0 unspecified atom stereocenters. The Morgan fingerprint density at radius 3 is 2.39 bits per heavy atom. The van der Waals surface area contributed by atoms with Gasteiger partial charge in [0.25, 0.3) is 5.91 Å². The number of benzene rings is 2. The molecule has 1 amide bonds. The Labute approximate surface area is 172 Å². The van der Waals surface area contributed by atoms with E-state index in [1.54, 1.807) is 18.2 Å². The fourth-order valence-electron chi connectivity index (χ4n) is 2.46. The van der Waals surface area contributed by atoms with Gasteiger partial charge in [-0.15, -0.1) is 10.2 Å². The number of nitrogens with zero attached hydrogens (tertiary/aromatic N) is 2. The highest BCUT2D eigenvalue weighted by molar-refractivity contribution is 7.15. The maximum atomic E-state index is 12.9. The molecule has 1 aromatic heterocycles. The number of hydrogen-bond donors (Lipinski definition) is 1. The Bertz CT molecular complexity index is 982. The molecule has 3 rings (SSSR count). The van der Waals surface area contributed by atoms with E-state index >= 15 is 0 Å². The van der Waals surface area contributed by atoms with Gasteiger partial charge in [0, 0.05) is 6.54 Å². The number of halogens is 2. The normalized spacial score (nSPS) is 11.7. The van der Waals surface area contributed by atoms with E-state index in [2.05, 4.69) is 41.5 Å². The summed E-state index contributed by atoms with van der Waals surface area (Å²) in [6.07, 6.45) is 1.80. The van der Waals surface area contributed by atoms with E-state index in [0.29, 0.717) is 16.0 Å². The van der Waals surface area contributed by atoms with E-state index in [4.69, 9.17) is 11.6 Å². The van der Waals surface area contributed by atoms with Crippen LogP contribution in [0, 0.1) is 5.82 Å². The first-order chi connectivity index (χ1) is 13.4. The van der Waals surface area contributed by atoms with Gasteiger partial charge in [-0.2, -0.15) is 0 Å². The Morgan fingerprint density at radius 2 is 1.75 bits per heavy atom. The predicted octanol–water partition coefficient (Wildman–Crippen LogP) is 5.47. The number of nitrogens with one attached hydrogen (secondary N) is 1. The van der Waals surface area contributed by atoms with E-state index in [0.717, 1.165) is 22.5 Å². The van der Waals surface area contributed by atoms with Crippen molar-refractivity contribution < 1.29 is 9.18 Å². The summed E-state index contributed by atoms with van der Waals surface area (Å²) in [5.74, 6) is -0.199. The molecule has 144 valence electrons. The predicted molar refractivity (Wildman–Crippen MR) is 112 cm³/mol. The molecule has 3 aromatic rings. The highest BCUT2D eigenvalue weighted by Crippen LogP contribution is 2.26.